The molecule has 3 N–H and O–H groups in total. The van der Waals surface area contributed by atoms with E-state index in [1.807, 2.05) is 30.3 Å². The lowest BCUT2D eigenvalue weighted by Crippen LogP contribution is -2.56. The molecule has 3 amide bonds. The lowest BCUT2D eigenvalue weighted by molar-refractivity contribution is -0.143. The van der Waals surface area contributed by atoms with Crippen molar-refractivity contribution in [2.24, 2.45) is 5.92 Å². The van der Waals surface area contributed by atoms with Gasteiger partial charge in [-0.3, -0.25) is 19.2 Å². The first-order valence-electron chi connectivity index (χ1n) is 10.8. The first kappa shape index (κ1) is 26.0. The number of carbonyl (C=O) groups is 5. The van der Waals surface area contributed by atoms with Crippen molar-refractivity contribution >= 4 is 30.0 Å². The van der Waals surface area contributed by atoms with Gasteiger partial charge in [-0.15, -0.1) is 0 Å². The molecule has 0 aromatic heterocycles. The Balaban J connectivity index is 2.20. The van der Waals surface area contributed by atoms with Crippen LogP contribution in [0.15, 0.2) is 30.3 Å². The van der Waals surface area contributed by atoms with Gasteiger partial charge in [0.05, 0.1) is 25.2 Å². The highest BCUT2D eigenvalue weighted by Crippen LogP contribution is 2.24. The number of aldehydes is 1. The van der Waals surface area contributed by atoms with E-state index in [4.69, 9.17) is 9.84 Å². The maximum absolute atomic E-state index is 13.3. The van der Waals surface area contributed by atoms with Crippen LogP contribution in [-0.2, 0) is 35.3 Å². The summed E-state index contributed by atoms with van der Waals surface area (Å²) in [4.78, 5) is 61.4. The fourth-order valence-corrected chi connectivity index (χ4v) is 3.71. The second-order valence-corrected chi connectivity index (χ2v) is 8.43. The molecule has 180 valence electrons. The predicted molar refractivity (Wildman–Crippen MR) is 118 cm³/mol. The molecular weight excluding hydrogens is 430 g/mol. The van der Waals surface area contributed by atoms with Crippen LogP contribution in [0.1, 0.15) is 39.2 Å². The number of nitrogens with one attached hydrogen (secondary N) is 2. The lowest BCUT2D eigenvalue weighted by atomic mass is 10.0. The van der Waals surface area contributed by atoms with E-state index in [0.717, 1.165) is 5.56 Å². The van der Waals surface area contributed by atoms with Crippen LogP contribution in [0, 0.1) is 5.92 Å². The Bertz CT molecular complexity index is 859. The van der Waals surface area contributed by atoms with Gasteiger partial charge in [0.25, 0.3) is 0 Å². The number of likely N-dealkylation sites (tertiary alicyclic amines) is 1. The molecular formula is C23H31N3O7. The van der Waals surface area contributed by atoms with Crippen molar-refractivity contribution in [2.45, 2.75) is 64.4 Å². The molecule has 4 unspecified atom stereocenters. The van der Waals surface area contributed by atoms with Crippen LogP contribution >= 0.6 is 0 Å². The fourth-order valence-electron chi connectivity index (χ4n) is 3.71. The van der Waals surface area contributed by atoms with E-state index in [1.54, 1.807) is 13.8 Å². The molecule has 1 fully saturated rings. The van der Waals surface area contributed by atoms with Crippen LogP contribution in [0.4, 0.5) is 0 Å². The molecule has 0 saturated carbocycles. The quantitative estimate of drug-likeness (QED) is 0.407. The van der Waals surface area contributed by atoms with Crippen LogP contribution in [0.3, 0.4) is 0 Å². The number of nitrogens with zero attached hydrogens (tertiary/aromatic N) is 1. The van der Waals surface area contributed by atoms with Crippen molar-refractivity contribution in [1.82, 2.24) is 15.5 Å². The van der Waals surface area contributed by atoms with Crippen LogP contribution in [0.2, 0.25) is 0 Å². The maximum atomic E-state index is 13.3. The van der Waals surface area contributed by atoms with Gasteiger partial charge in [0.15, 0.2) is 0 Å². The van der Waals surface area contributed by atoms with Gasteiger partial charge in [-0.2, -0.15) is 0 Å². The highest BCUT2D eigenvalue weighted by atomic mass is 16.5. The number of ether oxygens (including phenoxy) is 1. The number of hydrogen-bond acceptors (Lipinski definition) is 6. The monoisotopic (exact) mass is 461 g/mol. The average molecular weight is 462 g/mol. The van der Waals surface area contributed by atoms with Crippen molar-refractivity contribution in [3.8, 4) is 0 Å². The maximum Gasteiger partial charge on any atom is 0.305 e. The standard InChI is InChI=1S/C23H31N3O7/c1-14(2)21(24-15(3)28)23(32)26-11-18(33-13-16-7-5-4-6-8-16)10-19(26)22(31)25-17(12-27)9-20(29)30/h4-8,12,14,17-19,21H,9-11,13H2,1-3H3,(H,24,28)(H,25,31)(H,29,30). The van der Waals surface area contributed by atoms with Gasteiger partial charge in [0.2, 0.25) is 17.7 Å². The first-order chi connectivity index (χ1) is 15.6. The Labute approximate surface area is 192 Å². The molecule has 10 heteroatoms. The Morgan fingerprint density at radius 1 is 1.18 bits per heavy atom. The summed E-state index contributed by atoms with van der Waals surface area (Å²) in [5.41, 5.74) is 0.934. The van der Waals surface area contributed by atoms with Crippen LogP contribution in [-0.4, -0.2) is 70.8 Å². The minimum Gasteiger partial charge on any atom is -0.481 e. The van der Waals surface area contributed by atoms with Gasteiger partial charge in [-0.05, 0) is 11.5 Å². The Kier molecular flexibility index (Phi) is 9.53. The van der Waals surface area contributed by atoms with Gasteiger partial charge in [0.1, 0.15) is 18.4 Å². The van der Waals surface area contributed by atoms with E-state index < -0.39 is 48.4 Å². The summed E-state index contributed by atoms with van der Waals surface area (Å²) in [6.45, 7) is 5.28. The summed E-state index contributed by atoms with van der Waals surface area (Å²) in [5.74, 6) is -2.92. The molecule has 33 heavy (non-hydrogen) atoms. The van der Waals surface area contributed by atoms with Gasteiger partial charge in [-0.25, -0.2) is 0 Å². The Hall–Kier alpha value is -3.27. The summed E-state index contributed by atoms with van der Waals surface area (Å²) >= 11 is 0. The third kappa shape index (κ3) is 7.67. The zero-order chi connectivity index (χ0) is 24.5. The number of hydrogen-bond donors (Lipinski definition) is 3. The molecule has 0 bridgehead atoms. The van der Waals surface area contributed by atoms with E-state index in [2.05, 4.69) is 10.6 Å². The Morgan fingerprint density at radius 3 is 2.39 bits per heavy atom. The largest absolute Gasteiger partial charge is 0.481 e. The number of rotatable bonds is 11. The number of aliphatic carboxylic acids is 1. The second kappa shape index (κ2) is 12.1. The molecule has 1 aromatic rings. The molecule has 0 radical (unpaired) electrons. The summed E-state index contributed by atoms with van der Waals surface area (Å²) in [6, 6.07) is 6.41. The van der Waals surface area contributed by atoms with Crippen molar-refractivity contribution in [3.05, 3.63) is 35.9 Å². The van der Waals surface area contributed by atoms with Gasteiger partial charge >= 0.3 is 5.97 Å². The van der Waals surface area contributed by atoms with Crippen LogP contribution < -0.4 is 10.6 Å². The highest BCUT2D eigenvalue weighted by Gasteiger charge is 2.43. The second-order valence-electron chi connectivity index (χ2n) is 8.43. The predicted octanol–water partition coefficient (Wildman–Crippen LogP) is 0.492. The van der Waals surface area contributed by atoms with Crippen molar-refractivity contribution in [1.29, 1.82) is 0 Å². The van der Waals surface area contributed by atoms with Crippen LogP contribution in [0.25, 0.3) is 0 Å². The first-order valence-corrected chi connectivity index (χ1v) is 10.8. The fraction of sp³-hybridized carbons (Fsp3) is 0.522. The number of benzene rings is 1. The van der Waals surface area contributed by atoms with E-state index in [1.165, 1.54) is 11.8 Å². The number of carboxylic acid groups (broad SMARTS) is 1. The minimum absolute atomic E-state index is 0.122. The normalized spacial score (nSPS) is 19.6. The third-order valence-corrected chi connectivity index (χ3v) is 5.35. The molecule has 0 spiro atoms. The molecule has 1 aromatic carbocycles. The molecule has 1 aliphatic rings. The van der Waals surface area contributed by atoms with E-state index >= 15 is 0 Å². The van der Waals surface area contributed by atoms with E-state index in [-0.39, 0.29) is 31.4 Å². The SMILES string of the molecule is CC(=O)NC(C(=O)N1CC(OCc2ccccc2)CC1C(=O)NC(C=O)CC(=O)O)C(C)C. The highest BCUT2D eigenvalue weighted by molar-refractivity contribution is 5.93. The summed E-state index contributed by atoms with van der Waals surface area (Å²) in [6.07, 6.45) is -0.493. The van der Waals surface area contributed by atoms with Crippen LogP contribution in [0.5, 0.6) is 0 Å². The molecule has 10 nitrogen and oxygen atoms in total. The van der Waals surface area contributed by atoms with Gasteiger partial charge in [-0.1, -0.05) is 44.2 Å². The molecule has 1 saturated heterocycles. The average Bonchev–Trinajstić information content (AvgIpc) is 3.19. The summed E-state index contributed by atoms with van der Waals surface area (Å²) in [7, 11) is 0. The van der Waals surface area contributed by atoms with Crippen molar-refractivity contribution in [3.63, 3.8) is 0 Å². The minimum atomic E-state index is -1.23. The van der Waals surface area contributed by atoms with Gasteiger partial charge in [0, 0.05) is 19.9 Å². The van der Waals surface area contributed by atoms with E-state index in [0.29, 0.717) is 6.29 Å². The number of amides is 3. The zero-order valence-corrected chi connectivity index (χ0v) is 19.0. The topological polar surface area (TPSA) is 142 Å². The zero-order valence-electron chi connectivity index (χ0n) is 19.0. The van der Waals surface area contributed by atoms with Gasteiger partial charge < -0.3 is 30.2 Å². The van der Waals surface area contributed by atoms with E-state index in [9.17, 15) is 24.0 Å². The summed E-state index contributed by atoms with van der Waals surface area (Å²) in [5, 5.41) is 14.0. The lowest BCUT2D eigenvalue weighted by Gasteiger charge is -2.30. The Morgan fingerprint density at radius 2 is 1.85 bits per heavy atom. The molecule has 1 heterocycles. The number of carboxylic acids is 1. The summed E-state index contributed by atoms with van der Waals surface area (Å²) < 4.78 is 5.94. The number of carbonyl (C=O) groups excluding carboxylic acids is 4. The molecule has 4 atom stereocenters. The third-order valence-electron chi connectivity index (χ3n) is 5.35. The molecule has 0 aliphatic carbocycles. The molecule has 1 aliphatic heterocycles. The smallest absolute Gasteiger partial charge is 0.305 e. The van der Waals surface area contributed by atoms with Crippen molar-refractivity contribution in [2.75, 3.05) is 6.54 Å². The van der Waals surface area contributed by atoms with Crippen molar-refractivity contribution < 1.29 is 33.8 Å². The molecule has 2 rings (SSSR count).